The topological polar surface area (TPSA) is 49.3 Å². The molecule has 110 valence electrons. The Morgan fingerprint density at radius 1 is 1.24 bits per heavy atom. The highest BCUT2D eigenvalue weighted by Crippen LogP contribution is 2.10. The van der Waals surface area contributed by atoms with Gasteiger partial charge in [0.15, 0.2) is 0 Å². The molecule has 0 fully saturated rings. The number of carbonyl (C=O) groups excluding carboxylic acids is 1. The average Bonchev–Trinajstić information content (AvgIpc) is 2.50. The van der Waals surface area contributed by atoms with E-state index < -0.39 is 11.9 Å². The van der Waals surface area contributed by atoms with Gasteiger partial charge in [-0.05, 0) is 36.6 Å². The predicted octanol–water partition coefficient (Wildman–Crippen LogP) is 2.47. The van der Waals surface area contributed by atoms with Gasteiger partial charge in [-0.3, -0.25) is 4.79 Å². The Labute approximate surface area is 123 Å². The number of amides is 1. The predicted molar refractivity (Wildman–Crippen MR) is 79.6 cm³/mol. The third-order valence-electron chi connectivity index (χ3n) is 3.31. The van der Waals surface area contributed by atoms with Crippen molar-refractivity contribution < 1.29 is 14.3 Å². The molecule has 0 aliphatic carbocycles. The molecule has 2 aromatic rings. The molecule has 2 rings (SSSR count). The summed E-state index contributed by atoms with van der Waals surface area (Å²) in [5, 5.41) is 12.1. The SMILES string of the molecule is Cc1ccc(C(=O)N[C@H](CO)Cc2ccccc2)cc1F. The Morgan fingerprint density at radius 3 is 2.57 bits per heavy atom. The molecule has 4 heteroatoms. The molecule has 0 saturated heterocycles. The van der Waals surface area contributed by atoms with Crippen LogP contribution in [-0.2, 0) is 6.42 Å². The molecule has 0 radical (unpaired) electrons. The molecule has 0 bridgehead atoms. The van der Waals surface area contributed by atoms with Crippen LogP contribution in [0, 0.1) is 12.7 Å². The molecular weight excluding hydrogens is 269 g/mol. The van der Waals surface area contributed by atoms with Crippen LogP contribution in [-0.4, -0.2) is 23.7 Å². The summed E-state index contributed by atoms with van der Waals surface area (Å²) in [6.45, 7) is 1.47. The number of halogens is 1. The number of hydrogen-bond acceptors (Lipinski definition) is 2. The lowest BCUT2D eigenvalue weighted by Crippen LogP contribution is -2.39. The fourth-order valence-corrected chi connectivity index (χ4v) is 2.06. The van der Waals surface area contributed by atoms with Crippen LogP contribution in [0.25, 0.3) is 0 Å². The van der Waals surface area contributed by atoms with E-state index in [1.807, 2.05) is 30.3 Å². The minimum Gasteiger partial charge on any atom is -0.394 e. The molecule has 0 spiro atoms. The van der Waals surface area contributed by atoms with Crippen molar-refractivity contribution in [2.45, 2.75) is 19.4 Å². The molecule has 2 N–H and O–H groups in total. The van der Waals surface area contributed by atoms with Crippen LogP contribution in [0.3, 0.4) is 0 Å². The van der Waals surface area contributed by atoms with Gasteiger partial charge in [-0.25, -0.2) is 4.39 Å². The first-order chi connectivity index (χ1) is 10.1. The monoisotopic (exact) mass is 287 g/mol. The van der Waals surface area contributed by atoms with Crippen molar-refractivity contribution in [3.8, 4) is 0 Å². The van der Waals surface area contributed by atoms with Crippen LogP contribution in [0.4, 0.5) is 4.39 Å². The van der Waals surface area contributed by atoms with Crippen LogP contribution in [0.1, 0.15) is 21.5 Å². The van der Waals surface area contributed by atoms with Gasteiger partial charge >= 0.3 is 0 Å². The second-order valence-electron chi connectivity index (χ2n) is 5.01. The van der Waals surface area contributed by atoms with Crippen molar-refractivity contribution in [1.82, 2.24) is 5.32 Å². The molecule has 21 heavy (non-hydrogen) atoms. The van der Waals surface area contributed by atoms with Crippen LogP contribution < -0.4 is 5.32 Å². The Kier molecular flexibility index (Phi) is 5.06. The number of hydrogen-bond donors (Lipinski definition) is 2. The normalized spacial score (nSPS) is 12.0. The number of aryl methyl sites for hydroxylation is 1. The largest absolute Gasteiger partial charge is 0.394 e. The van der Waals surface area contributed by atoms with Gasteiger partial charge in [0.25, 0.3) is 5.91 Å². The number of rotatable bonds is 5. The lowest BCUT2D eigenvalue weighted by Gasteiger charge is -2.16. The van der Waals surface area contributed by atoms with Gasteiger partial charge in [0, 0.05) is 5.56 Å². The molecule has 1 atom stereocenters. The summed E-state index contributed by atoms with van der Waals surface area (Å²) >= 11 is 0. The minimum atomic E-state index is -0.411. The van der Waals surface area contributed by atoms with E-state index in [1.165, 1.54) is 6.07 Å². The maximum Gasteiger partial charge on any atom is 0.251 e. The van der Waals surface area contributed by atoms with Gasteiger partial charge in [0.1, 0.15) is 5.82 Å². The smallest absolute Gasteiger partial charge is 0.251 e. The van der Waals surface area contributed by atoms with E-state index in [0.717, 1.165) is 5.56 Å². The zero-order valence-electron chi connectivity index (χ0n) is 11.8. The van der Waals surface area contributed by atoms with E-state index in [9.17, 15) is 14.3 Å². The molecule has 0 heterocycles. The van der Waals surface area contributed by atoms with Gasteiger partial charge in [0.2, 0.25) is 0 Å². The lowest BCUT2D eigenvalue weighted by atomic mass is 10.1. The van der Waals surface area contributed by atoms with Crippen molar-refractivity contribution >= 4 is 5.91 Å². The highest BCUT2D eigenvalue weighted by atomic mass is 19.1. The first-order valence-corrected chi connectivity index (χ1v) is 6.82. The molecule has 1 amide bonds. The quantitative estimate of drug-likeness (QED) is 0.887. The molecule has 2 aromatic carbocycles. The Morgan fingerprint density at radius 2 is 1.95 bits per heavy atom. The fourth-order valence-electron chi connectivity index (χ4n) is 2.06. The minimum absolute atomic E-state index is 0.172. The summed E-state index contributed by atoms with van der Waals surface area (Å²) in [6.07, 6.45) is 0.525. The number of nitrogens with one attached hydrogen (secondary N) is 1. The van der Waals surface area contributed by atoms with Gasteiger partial charge in [-0.2, -0.15) is 0 Å². The Balaban J connectivity index is 2.04. The summed E-state index contributed by atoms with van der Waals surface area (Å²) in [6, 6.07) is 13.5. The maximum absolute atomic E-state index is 13.5. The highest BCUT2D eigenvalue weighted by Gasteiger charge is 2.14. The van der Waals surface area contributed by atoms with E-state index in [1.54, 1.807) is 19.1 Å². The van der Waals surface area contributed by atoms with Crippen molar-refractivity contribution in [1.29, 1.82) is 0 Å². The van der Waals surface area contributed by atoms with E-state index in [2.05, 4.69) is 5.32 Å². The number of aliphatic hydroxyl groups is 1. The summed E-state index contributed by atoms with van der Waals surface area (Å²) in [7, 11) is 0. The first-order valence-electron chi connectivity index (χ1n) is 6.82. The molecule has 3 nitrogen and oxygen atoms in total. The van der Waals surface area contributed by atoms with Crippen molar-refractivity contribution in [3.05, 3.63) is 71.0 Å². The number of benzene rings is 2. The summed E-state index contributed by atoms with van der Waals surface area (Å²) in [5.41, 5.74) is 1.77. The lowest BCUT2D eigenvalue weighted by molar-refractivity contribution is 0.0916. The second kappa shape index (κ2) is 6.99. The molecule has 0 aliphatic heterocycles. The Bertz CT molecular complexity index is 613. The maximum atomic E-state index is 13.5. The third-order valence-corrected chi connectivity index (χ3v) is 3.31. The first kappa shape index (κ1) is 15.2. The van der Waals surface area contributed by atoms with Crippen LogP contribution in [0.2, 0.25) is 0 Å². The number of carbonyl (C=O) groups is 1. The molecule has 0 saturated carbocycles. The van der Waals surface area contributed by atoms with Gasteiger partial charge < -0.3 is 10.4 Å². The molecule has 0 aromatic heterocycles. The van der Waals surface area contributed by atoms with E-state index in [4.69, 9.17) is 0 Å². The van der Waals surface area contributed by atoms with Gasteiger partial charge in [-0.15, -0.1) is 0 Å². The van der Waals surface area contributed by atoms with E-state index in [0.29, 0.717) is 12.0 Å². The van der Waals surface area contributed by atoms with E-state index in [-0.39, 0.29) is 18.1 Å². The fraction of sp³-hybridized carbons (Fsp3) is 0.235. The van der Waals surface area contributed by atoms with Gasteiger partial charge in [-0.1, -0.05) is 36.4 Å². The highest BCUT2D eigenvalue weighted by molar-refractivity contribution is 5.94. The second-order valence-corrected chi connectivity index (χ2v) is 5.01. The van der Waals surface area contributed by atoms with Crippen LogP contribution in [0.15, 0.2) is 48.5 Å². The standard InChI is InChI=1S/C17H18FNO2/c1-12-7-8-14(10-16(12)18)17(21)19-15(11-20)9-13-5-3-2-4-6-13/h2-8,10,15,20H,9,11H2,1H3,(H,19,21)/t15-/m0/s1. The molecular formula is C17H18FNO2. The average molecular weight is 287 g/mol. The number of aliphatic hydroxyl groups excluding tert-OH is 1. The van der Waals surface area contributed by atoms with Crippen molar-refractivity contribution in [3.63, 3.8) is 0 Å². The van der Waals surface area contributed by atoms with Crippen molar-refractivity contribution in [2.24, 2.45) is 0 Å². The zero-order valence-corrected chi connectivity index (χ0v) is 11.8. The Hall–Kier alpha value is -2.20. The molecule has 0 aliphatic rings. The van der Waals surface area contributed by atoms with Crippen molar-refractivity contribution in [2.75, 3.05) is 6.61 Å². The summed E-state index contributed by atoms with van der Waals surface area (Å²) < 4.78 is 13.5. The van der Waals surface area contributed by atoms with Gasteiger partial charge in [0.05, 0.1) is 12.6 Å². The third kappa shape index (κ3) is 4.13. The zero-order chi connectivity index (χ0) is 15.2. The van der Waals surface area contributed by atoms with Crippen LogP contribution in [0.5, 0.6) is 0 Å². The molecule has 0 unspecified atom stereocenters. The van der Waals surface area contributed by atoms with Crippen LogP contribution >= 0.6 is 0 Å². The van der Waals surface area contributed by atoms with E-state index >= 15 is 0 Å². The summed E-state index contributed by atoms with van der Waals surface area (Å²) in [4.78, 5) is 12.1. The summed E-state index contributed by atoms with van der Waals surface area (Å²) in [5.74, 6) is -0.796.